The predicted octanol–water partition coefficient (Wildman–Crippen LogP) is 2.58. The van der Waals surface area contributed by atoms with Gasteiger partial charge in [-0.15, -0.1) is 0 Å². The average Bonchev–Trinajstić information content (AvgIpc) is 2.20. The highest BCUT2D eigenvalue weighted by molar-refractivity contribution is 7.92. The molecule has 0 aliphatic heterocycles. The van der Waals surface area contributed by atoms with Crippen LogP contribution in [0.5, 0.6) is 5.75 Å². The van der Waals surface area contributed by atoms with Crippen LogP contribution >= 0.6 is 0 Å². The number of hydrogen-bond acceptors (Lipinski definition) is 3. The Kier molecular flexibility index (Phi) is 4.73. The van der Waals surface area contributed by atoms with Crippen LogP contribution in [0.2, 0.25) is 0 Å². The van der Waals surface area contributed by atoms with Crippen molar-refractivity contribution in [1.29, 1.82) is 0 Å². The fourth-order valence-electron chi connectivity index (χ4n) is 1.82. The Morgan fingerprint density at radius 1 is 1.32 bits per heavy atom. The van der Waals surface area contributed by atoms with Gasteiger partial charge < -0.3 is 5.11 Å². The lowest BCUT2D eigenvalue weighted by atomic mass is 10.0. The molecule has 0 saturated heterocycles. The quantitative estimate of drug-likeness (QED) is 0.849. The van der Waals surface area contributed by atoms with Crippen molar-refractivity contribution in [1.82, 2.24) is 0 Å². The van der Waals surface area contributed by atoms with Crippen molar-refractivity contribution in [3.8, 4) is 5.75 Å². The molecule has 0 aliphatic carbocycles. The lowest BCUT2D eigenvalue weighted by Gasteiger charge is -2.24. The highest BCUT2D eigenvalue weighted by Gasteiger charge is 2.29. The second kappa shape index (κ2) is 5.73. The molecule has 0 bridgehead atoms. The van der Waals surface area contributed by atoms with E-state index in [9.17, 15) is 22.3 Å². The second-order valence-electron chi connectivity index (χ2n) is 4.71. The number of phenolic OH excluding ortho intramolecular Hbond substituents is 1. The zero-order valence-corrected chi connectivity index (χ0v) is 11.8. The molecule has 0 saturated carbocycles. The van der Waals surface area contributed by atoms with Gasteiger partial charge in [-0.1, -0.05) is 19.9 Å². The number of sulfonamides is 1. The Morgan fingerprint density at radius 3 is 2.32 bits per heavy atom. The van der Waals surface area contributed by atoms with Crippen LogP contribution in [0.4, 0.5) is 14.5 Å². The third-order valence-corrected chi connectivity index (χ3v) is 3.58. The molecule has 0 unspecified atom stereocenters. The molecule has 0 atom stereocenters. The topological polar surface area (TPSA) is 57.6 Å². The maximum absolute atomic E-state index is 13.0. The Hall–Kier alpha value is -1.37. The zero-order chi connectivity index (χ0) is 14.8. The van der Waals surface area contributed by atoms with Gasteiger partial charge in [-0.05, 0) is 24.5 Å². The molecule has 1 rings (SSSR count). The van der Waals surface area contributed by atoms with Crippen LogP contribution in [0, 0.1) is 5.92 Å². The molecule has 1 N–H and O–H groups in total. The summed E-state index contributed by atoms with van der Waals surface area (Å²) in [7, 11) is -4.12. The van der Waals surface area contributed by atoms with Gasteiger partial charge in [0, 0.05) is 5.56 Å². The minimum atomic E-state index is -4.12. The van der Waals surface area contributed by atoms with E-state index in [0.717, 1.165) is 0 Å². The number of aromatic hydroxyl groups is 1. The van der Waals surface area contributed by atoms with E-state index in [1.807, 2.05) is 13.8 Å². The van der Waals surface area contributed by atoms with Crippen LogP contribution in [0.15, 0.2) is 18.2 Å². The Bertz CT molecular complexity index is 544. The minimum Gasteiger partial charge on any atom is -0.508 e. The average molecular weight is 293 g/mol. The van der Waals surface area contributed by atoms with E-state index in [2.05, 4.69) is 0 Å². The smallest absolute Gasteiger partial charge is 0.327 e. The Balaban J connectivity index is 3.43. The zero-order valence-electron chi connectivity index (χ0n) is 11.0. The van der Waals surface area contributed by atoms with Gasteiger partial charge in [-0.25, -0.2) is 12.7 Å². The minimum absolute atomic E-state index is 0.0322. The Morgan fingerprint density at radius 2 is 1.89 bits per heavy atom. The first-order valence-electron chi connectivity index (χ1n) is 5.73. The number of benzene rings is 1. The van der Waals surface area contributed by atoms with Gasteiger partial charge in [0.15, 0.2) is 0 Å². The van der Waals surface area contributed by atoms with Crippen molar-refractivity contribution in [3.63, 3.8) is 0 Å². The number of anilines is 1. The van der Waals surface area contributed by atoms with Gasteiger partial charge in [-0.3, -0.25) is 0 Å². The highest BCUT2D eigenvalue weighted by Crippen LogP contribution is 2.33. The lowest BCUT2D eigenvalue weighted by molar-refractivity contribution is 0.162. The van der Waals surface area contributed by atoms with Gasteiger partial charge in [-0.2, -0.15) is 8.78 Å². The molecule has 0 spiro atoms. The molecule has 0 aliphatic rings. The number of phenols is 1. The van der Waals surface area contributed by atoms with Crippen LogP contribution in [0.25, 0.3) is 0 Å². The normalized spacial score (nSPS) is 12.2. The van der Waals surface area contributed by atoms with E-state index in [4.69, 9.17) is 0 Å². The van der Waals surface area contributed by atoms with E-state index in [0.29, 0.717) is 12.7 Å². The molecule has 19 heavy (non-hydrogen) atoms. The maximum atomic E-state index is 13.0. The van der Waals surface area contributed by atoms with Crippen molar-refractivity contribution in [2.75, 3.05) is 10.6 Å². The van der Waals surface area contributed by atoms with Crippen molar-refractivity contribution in [2.45, 2.75) is 26.8 Å². The van der Waals surface area contributed by atoms with Crippen LogP contribution in [0.1, 0.15) is 19.4 Å². The summed E-state index contributed by atoms with van der Waals surface area (Å²) < 4.78 is 49.0. The van der Waals surface area contributed by atoms with E-state index in [1.165, 1.54) is 18.2 Å². The van der Waals surface area contributed by atoms with Crippen LogP contribution in [-0.4, -0.2) is 26.3 Å². The molecule has 4 nitrogen and oxygen atoms in total. The van der Waals surface area contributed by atoms with Crippen LogP contribution in [0.3, 0.4) is 0 Å². The summed E-state index contributed by atoms with van der Waals surface area (Å²) in [6, 6.07) is 3.97. The summed E-state index contributed by atoms with van der Waals surface area (Å²) in [5.41, 5.74) is 0.0365. The fourth-order valence-corrected chi connectivity index (χ4v) is 2.63. The largest absolute Gasteiger partial charge is 0.508 e. The van der Waals surface area contributed by atoms with Crippen molar-refractivity contribution in [2.24, 2.45) is 5.92 Å². The number of alkyl halides is 2. The summed E-state index contributed by atoms with van der Waals surface area (Å²) in [6.45, 7) is 0.509. The van der Waals surface area contributed by atoms with Gasteiger partial charge in [0.05, 0.1) is 11.9 Å². The predicted molar refractivity (Wildman–Crippen MR) is 70.0 cm³/mol. The summed E-state index contributed by atoms with van der Waals surface area (Å²) in [4.78, 5) is 0. The third kappa shape index (κ3) is 3.79. The summed E-state index contributed by atoms with van der Waals surface area (Å²) in [5, 5.41) is 9.77. The first-order valence-corrected chi connectivity index (χ1v) is 7.57. The summed E-state index contributed by atoms with van der Waals surface area (Å²) in [5.74, 6) is -0.0911. The second-order valence-corrected chi connectivity index (χ2v) is 6.57. The van der Waals surface area contributed by atoms with Crippen molar-refractivity contribution < 1.29 is 22.3 Å². The summed E-state index contributed by atoms with van der Waals surface area (Å²) in [6.07, 6.45) is 1.02. The molecule has 7 heteroatoms. The number of hydrogen-bond donors (Lipinski definition) is 1. The van der Waals surface area contributed by atoms with Gasteiger partial charge in [0.2, 0.25) is 10.0 Å². The first-order chi connectivity index (χ1) is 8.64. The third-order valence-electron chi connectivity index (χ3n) is 2.51. The Labute approximate surface area is 111 Å². The molecular formula is C12H17F2NO3S. The maximum Gasteiger partial charge on any atom is 0.327 e. The van der Waals surface area contributed by atoms with E-state index in [-0.39, 0.29) is 27.2 Å². The molecule has 108 valence electrons. The van der Waals surface area contributed by atoms with Crippen molar-refractivity contribution >= 4 is 15.7 Å². The van der Waals surface area contributed by atoms with Gasteiger partial charge >= 0.3 is 6.55 Å². The number of rotatable bonds is 5. The van der Waals surface area contributed by atoms with E-state index in [1.54, 1.807) is 0 Å². The summed E-state index contributed by atoms with van der Waals surface area (Å²) >= 11 is 0. The van der Waals surface area contributed by atoms with Crippen LogP contribution in [-0.2, 0) is 16.4 Å². The SMILES string of the molecule is CC(C)Cc1c(O)cccc1N(C(F)F)S(C)(=O)=O. The van der Waals surface area contributed by atoms with Gasteiger partial charge in [0.25, 0.3) is 0 Å². The van der Waals surface area contributed by atoms with Crippen LogP contribution < -0.4 is 4.31 Å². The molecule has 1 aromatic carbocycles. The number of nitrogens with zero attached hydrogens (tertiary/aromatic N) is 1. The van der Waals surface area contributed by atoms with E-state index >= 15 is 0 Å². The number of halogens is 2. The highest BCUT2D eigenvalue weighted by atomic mass is 32.2. The molecule has 0 heterocycles. The molecule has 0 amide bonds. The molecular weight excluding hydrogens is 276 g/mol. The van der Waals surface area contributed by atoms with E-state index < -0.39 is 16.6 Å². The van der Waals surface area contributed by atoms with Gasteiger partial charge in [0.1, 0.15) is 5.75 Å². The fraction of sp³-hybridized carbons (Fsp3) is 0.500. The van der Waals surface area contributed by atoms with Crippen molar-refractivity contribution in [3.05, 3.63) is 23.8 Å². The first kappa shape index (κ1) is 15.7. The molecule has 1 aromatic rings. The molecule has 0 aromatic heterocycles. The molecule has 0 radical (unpaired) electrons. The molecule has 0 fully saturated rings. The monoisotopic (exact) mass is 293 g/mol. The standard InChI is InChI=1S/C12H17F2NO3S/c1-8(2)7-9-10(5-4-6-11(9)16)15(12(13)14)19(3,17)18/h4-6,8,12,16H,7H2,1-3H3. The lowest BCUT2D eigenvalue weighted by Crippen LogP contribution is -2.35.